The summed E-state index contributed by atoms with van der Waals surface area (Å²) < 4.78 is 0. The summed E-state index contributed by atoms with van der Waals surface area (Å²) in [6.07, 6.45) is 3.51. The third kappa shape index (κ3) is 2.81. The second-order valence-corrected chi connectivity index (χ2v) is 7.77. The number of fused-ring (bicyclic) bond motifs is 2. The van der Waals surface area contributed by atoms with E-state index in [4.69, 9.17) is 0 Å². The number of hydrogen-bond donors (Lipinski definition) is 2. The monoisotopic (exact) mass is 376 g/mol. The Kier molecular flexibility index (Phi) is 4.92. The third-order valence-electron chi connectivity index (χ3n) is 6.21. The Labute approximate surface area is 164 Å². The number of benzene rings is 2. The van der Waals surface area contributed by atoms with Crippen molar-refractivity contribution in [3.63, 3.8) is 0 Å². The number of carbonyl (C=O) groups is 1. The van der Waals surface area contributed by atoms with Crippen LogP contribution >= 0.6 is 0 Å². The first-order valence-corrected chi connectivity index (χ1v) is 9.84. The van der Waals surface area contributed by atoms with Crippen molar-refractivity contribution >= 4 is 11.6 Å². The lowest BCUT2D eigenvalue weighted by Crippen LogP contribution is -2.46. The van der Waals surface area contributed by atoms with Crippen LogP contribution in [0.2, 0.25) is 0 Å². The summed E-state index contributed by atoms with van der Waals surface area (Å²) in [5.74, 6) is -0.0290. The van der Waals surface area contributed by atoms with Crippen LogP contribution in [0.25, 0.3) is 0 Å². The molecule has 2 aliphatic rings. The number of anilines is 1. The predicted molar refractivity (Wildman–Crippen MR) is 106 cm³/mol. The van der Waals surface area contributed by atoms with E-state index in [1.54, 1.807) is 17.0 Å². The molecule has 1 heterocycles. The Morgan fingerprint density at radius 3 is 2.46 bits per heavy atom. The van der Waals surface area contributed by atoms with Gasteiger partial charge in [0, 0.05) is 0 Å². The Morgan fingerprint density at radius 1 is 1.11 bits per heavy atom. The molecule has 0 saturated heterocycles. The molecule has 1 saturated carbocycles. The van der Waals surface area contributed by atoms with Crippen LogP contribution in [-0.4, -0.2) is 28.8 Å². The van der Waals surface area contributed by atoms with Crippen molar-refractivity contribution in [2.45, 2.75) is 49.7 Å². The Morgan fingerprint density at radius 2 is 1.82 bits per heavy atom. The van der Waals surface area contributed by atoms with Crippen LogP contribution in [0.5, 0.6) is 0 Å². The molecule has 5 nitrogen and oxygen atoms in total. The van der Waals surface area contributed by atoms with E-state index in [9.17, 15) is 20.3 Å². The van der Waals surface area contributed by atoms with Crippen molar-refractivity contribution in [2.75, 3.05) is 11.5 Å². The maximum Gasteiger partial charge on any atom is 0.238 e. The maximum atomic E-state index is 13.8. The van der Waals surface area contributed by atoms with Crippen LogP contribution in [-0.2, 0) is 10.2 Å². The molecule has 0 bridgehead atoms. The Balaban J connectivity index is 1.91. The number of rotatable bonds is 4. The van der Waals surface area contributed by atoms with Crippen molar-refractivity contribution in [2.24, 2.45) is 0 Å². The van der Waals surface area contributed by atoms with E-state index < -0.39 is 24.2 Å². The van der Waals surface area contributed by atoms with Crippen LogP contribution in [0, 0.1) is 11.3 Å². The highest BCUT2D eigenvalue weighted by molar-refractivity contribution is 6.09. The standard InChI is InChI=1S/C23H24N2O3/c24-14-16-9-10-18-19(13-16)25(22(28)23(18)11-5-2-6-12-23)21(20(27)15-26)17-7-3-1-4-8-17/h1,3-4,7-10,13,20-21,26-27H,2,5-6,11-12,15H2. The molecule has 28 heavy (non-hydrogen) atoms. The smallest absolute Gasteiger partial charge is 0.238 e. The molecule has 0 radical (unpaired) electrons. The fourth-order valence-electron chi connectivity index (χ4n) is 4.87. The Hall–Kier alpha value is -2.68. The third-order valence-corrected chi connectivity index (χ3v) is 6.21. The summed E-state index contributed by atoms with van der Waals surface area (Å²) in [6, 6.07) is 16.2. The first-order valence-electron chi connectivity index (χ1n) is 9.84. The van der Waals surface area contributed by atoms with Crippen LogP contribution in [0.1, 0.15) is 54.8 Å². The number of carbonyl (C=O) groups excluding carboxylic acids is 1. The molecule has 1 spiro atoms. The topological polar surface area (TPSA) is 84.6 Å². The number of hydrogen-bond acceptors (Lipinski definition) is 4. The van der Waals surface area contributed by atoms with Gasteiger partial charge in [-0.1, -0.05) is 55.7 Å². The number of aliphatic hydroxyl groups excluding tert-OH is 2. The first-order chi connectivity index (χ1) is 13.6. The van der Waals surface area contributed by atoms with Gasteiger partial charge < -0.3 is 15.1 Å². The second-order valence-electron chi connectivity index (χ2n) is 7.77. The maximum absolute atomic E-state index is 13.8. The molecular formula is C23H24N2O3. The zero-order valence-corrected chi connectivity index (χ0v) is 15.7. The van der Waals surface area contributed by atoms with Gasteiger partial charge in [-0.3, -0.25) is 4.79 Å². The van der Waals surface area contributed by atoms with Crippen LogP contribution in [0.15, 0.2) is 48.5 Å². The summed E-state index contributed by atoms with van der Waals surface area (Å²) in [7, 11) is 0. The van der Waals surface area contributed by atoms with Gasteiger partial charge in [0.25, 0.3) is 0 Å². The summed E-state index contributed by atoms with van der Waals surface area (Å²) in [5.41, 5.74) is 2.28. The molecule has 5 heteroatoms. The highest BCUT2D eigenvalue weighted by Gasteiger charge is 2.53. The van der Waals surface area contributed by atoms with E-state index in [-0.39, 0.29) is 5.91 Å². The fraction of sp³-hybridized carbons (Fsp3) is 0.391. The number of nitrogens with zero attached hydrogens (tertiary/aromatic N) is 2. The van der Waals surface area contributed by atoms with Crippen molar-refractivity contribution in [3.05, 3.63) is 65.2 Å². The van der Waals surface area contributed by atoms with E-state index in [2.05, 4.69) is 6.07 Å². The van der Waals surface area contributed by atoms with Gasteiger partial charge >= 0.3 is 0 Å². The largest absolute Gasteiger partial charge is 0.394 e. The molecule has 4 rings (SSSR count). The van der Waals surface area contributed by atoms with Crippen molar-refractivity contribution in [1.82, 2.24) is 0 Å². The zero-order valence-electron chi connectivity index (χ0n) is 15.7. The number of aliphatic hydroxyl groups is 2. The van der Waals surface area contributed by atoms with Gasteiger partial charge in [-0.25, -0.2) is 0 Å². The van der Waals surface area contributed by atoms with Gasteiger partial charge in [0.1, 0.15) is 6.10 Å². The minimum Gasteiger partial charge on any atom is -0.394 e. The van der Waals surface area contributed by atoms with Crippen molar-refractivity contribution < 1.29 is 15.0 Å². The lowest BCUT2D eigenvalue weighted by atomic mass is 9.70. The molecule has 2 atom stereocenters. The van der Waals surface area contributed by atoms with Crippen molar-refractivity contribution in [3.8, 4) is 6.07 Å². The molecule has 0 aromatic heterocycles. The molecule has 1 fully saturated rings. The highest BCUT2D eigenvalue weighted by Crippen LogP contribution is 2.53. The predicted octanol–water partition coefficient (Wildman–Crippen LogP) is 3.20. The lowest BCUT2D eigenvalue weighted by Gasteiger charge is -2.36. The molecule has 2 unspecified atom stereocenters. The van der Waals surface area contributed by atoms with Crippen molar-refractivity contribution in [1.29, 1.82) is 5.26 Å². The van der Waals surface area contributed by atoms with E-state index in [1.807, 2.05) is 36.4 Å². The van der Waals surface area contributed by atoms with Gasteiger partial charge in [-0.05, 0) is 36.1 Å². The molecule has 1 amide bonds. The number of amides is 1. The van der Waals surface area contributed by atoms with Gasteiger partial charge in [0.2, 0.25) is 5.91 Å². The summed E-state index contributed by atoms with van der Waals surface area (Å²) >= 11 is 0. The number of nitriles is 1. The first kappa shape index (κ1) is 18.7. The van der Waals surface area contributed by atoms with E-state index in [1.165, 1.54) is 0 Å². The summed E-state index contributed by atoms with van der Waals surface area (Å²) in [6.45, 7) is -0.455. The molecule has 144 valence electrons. The Bertz CT molecular complexity index is 913. The van der Waals surface area contributed by atoms with Gasteiger partial charge in [-0.15, -0.1) is 0 Å². The van der Waals surface area contributed by atoms with E-state index >= 15 is 0 Å². The van der Waals surface area contributed by atoms with Gasteiger partial charge in [-0.2, -0.15) is 5.26 Å². The average Bonchev–Trinajstić information content (AvgIpc) is 2.97. The molecule has 1 aliphatic carbocycles. The second kappa shape index (κ2) is 7.38. The van der Waals surface area contributed by atoms with Crippen LogP contribution < -0.4 is 4.90 Å². The van der Waals surface area contributed by atoms with Crippen LogP contribution in [0.4, 0.5) is 5.69 Å². The lowest BCUT2D eigenvalue weighted by molar-refractivity contribution is -0.125. The minimum absolute atomic E-state index is 0.0290. The fourth-order valence-corrected chi connectivity index (χ4v) is 4.87. The van der Waals surface area contributed by atoms with Crippen LogP contribution in [0.3, 0.4) is 0 Å². The van der Waals surface area contributed by atoms with E-state index in [0.29, 0.717) is 11.3 Å². The summed E-state index contributed by atoms with van der Waals surface area (Å²) in [5, 5.41) is 29.8. The molecule has 2 aromatic rings. The van der Waals surface area contributed by atoms with Gasteiger partial charge in [0.05, 0.1) is 35.4 Å². The van der Waals surface area contributed by atoms with E-state index in [0.717, 1.165) is 43.2 Å². The molecular weight excluding hydrogens is 352 g/mol. The zero-order chi connectivity index (χ0) is 19.7. The molecule has 2 aromatic carbocycles. The average molecular weight is 376 g/mol. The van der Waals surface area contributed by atoms with Gasteiger partial charge in [0.15, 0.2) is 0 Å². The quantitative estimate of drug-likeness (QED) is 0.858. The summed E-state index contributed by atoms with van der Waals surface area (Å²) in [4.78, 5) is 15.5. The molecule has 1 aliphatic heterocycles. The highest BCUT2D eigenvalue weighted by atomic mass is 16.3. The normalized spacial score (nSPS) is 19.9. The SMILES string of the molecule is N#Cc1ccc2c(c1)N(C(c1ccccc1)C(O)CO)C(=O)C21CCCCC1. The molecule has 2 N–H and O–H groups in total. The minimum atomic E-state index is -1.12.